The molecular formula is C18H19F3N2O3S. The molecule has 2 aromatic carbocycles. The Balaban J connectivity index is 1.77. The summed E-state index contributed by atoms with van der Waals surface area (Å²) in [6.07, 6.45) is -4.48. The maximum atomic E-state index is 12.8. The van der Waals surface area contributed by atoms with E-state index in [0.717, 1.165) is 17.7 Å². The van der Waals surface area contributed by atoms with Crippen LogP contribution >= 0.6 is 0 Å². The average molecular weight is 400 g/mol. The van der Waals surface area contributed by atoms with Crippen molar-refractivity contribution in [3.63, 3.8) is 0 Å². The van der Waals surface area contributed by atoms with Gasteiger partial charge in [0.2, 0.25) is 10.0 Å². The van der Waals surface area contributed by atoms with Crippen molar-refractivity contribution in [3.8, 4) is 0 Å². The Morgan fingerprint density at radius 1 is 1.15 bits per heavy atom. The third-order valence-electron chi connectivity index (χ3n) is 4.46. The van der Waals surface area contributed by atoms with E-state index in [0.29, 0.717) is 0 Å². The molecule has 0 radical (unpaired) electrons. The largest absolute Gasteiger partial charge is 0.416 e. The molecule has 3 rings (SSSR count). The fourth-order valence-corrected chi connectivity index (χ4v) is 4.57. The Kier molecular flexibility index (Phi) is 5.57. The third-order valence-corrected chi connectivity index (χ3v) is 6.20. The summed E-state index contributed by atoms with van der Waals surface area (Å²) in [4.78, 5) is 5.40. The second-order valence-corrected chi connectivity index (χ2v) is 8.28. The molecule has 1 fully saturated rings. The van der Waals surface area contributed by atoms with Crippen LogP contribution in [-0.4, -0.2) is 32.4 Å². The molecule has 1 aliphatic rings. The first kappa shape index (κ1) is 19.8. The monoisotopic (exact) mass is 400 g/mol. The van der Waals surface area contributed by atoms with Crippen LogP contribution in [-0.2, 0) is 27.6 Å². The Morgan fingerprint density at radius 2 is 1.85 bits per heavy atom. The summed E-state index contributed by atoms with van der Waals surface area (Å²) in [6.45, 7) is -0.262. The molecule has 0 saturated carbocycles. The van der Waals surface area contributed by atoms with E-state index in [9.17, 15) is 21.6 Å². The Labute approximate surface area is 155 Å². The molecule has 0 aromatic heterocycles. The van der Waals surface area contributed by atoms with Crippen molar-refractivity contribution in [1.29, 1.82) is 0 Å². The first-order valence-electron chi connectivity index (χ1n) is 8.24. The SMILES string of the molecule is CN1OCC(S(=O)(=O)NCc2cccc(C(F)(F)F)c2)C1c1ccccc1. The highest BCUT2D eigenvalue weighted by atomic mass is 32.2. The summed E-state index contributed by atoms with van der Waals surface area (Å²) < 4.78 is 66.4. The zero-order chi connectivity index (χ0) is 19.7. The van der Waals surface area contributed by atoms with E-state index >= 15 is 0 Å². The number of halogens is 3. The van der Waals surface area contributed by atoms with Crippen molar-refractivity contribution in [2.45, 2.75) is 24.0 Å². The first-order valence-corrected chi connectivity index (χ1v) is 9.78. The quantitative estimate of drug-likeness (QED) is 0.838. The fraction of sp³-hybridized carbons (Fsp3) is 0.333. The predicted molar refractivity (Wildman–Crippen MR) is 93.9 cm³/mol. The lowest BCUT2D eigenvalue weighted by atomic mass is 10.0. The van der Waals surface area contributed by atoms with Crippen LogP contribution in [0, 0.1) is 0 Å². The number of benzene rings is 2. The number of alkyl halides is 3. The molecule has 5 nitrogen and oxygen atoms in total. The van der Waals surface area contributed by atoms with E-state index < -0.39 is 33.1 Å². The minimum absolute atomic E-state index is 0.0337. The summed E-state index contributed by atoms with van der Waals surface area (Å²) >= 11 is 0. The highest BCUT2D eigenvalue weighted by molar-refractivity contribution is 7.90. The van der Waals surface area contributed by atoms with Gasteiger partial charge in [0.05, 0.1) is 18.2 Å². The van der Waals surface area contributed by atoms with Crippen molar-refractivity contribution >= 4 is 10.0 Å². The van der Waals surface area contributed by atoms with Gasteiger partial charge in [0.15, 0.2) is 0 Å². The van der Waals surface area contributed by atoms with Gasteiger partial charge in [0, 0.05) is 13.6 Å². The van der Waals surface area contributed by atoms with E-state index in [4.69, 9.17) is 4.84 Å². The smallest absolute Gasteiger partial charge is 0.297 e. The molecule has 2 atom stereocenters. The van der Waals surface area contributed by atoms with E-state index in [1.54, 1.807) is 19.2 Å². The van der Waals surface area contributed by atoms with Crippen molar-refractivity contribution in [3.05, 3.63) is 71.3 Å². The minimum atomic E-state index is -4.48. The van der Waals surface area contributed by atoms with Gasteiger partial charge in [0.25, 0.3) is 0 Å². The summed E-state index contributed by atoms with van der Waals surface area (Å²) in [5.41, 5.74) is 0.203. The zero-order valence-electron chi connectivity index (χ0n) is 14.5. The molecule has 9 heteroatoms. The van der Waals surface area contributed by atoms with Gasteiger partial charge in [-0.25, -0.2) is 13.1 Å². The van der Waals surface area contributed by atoms with Gasteiger partial charge in [-0.3, -0.25) is 4.84 Å². The summed E-state index contributed by atoms with van der Waals surface area (Å²) in [6, 6.07) is 13.1. The van der Waals surface area contributed by atoms with Crippen LogP contribution in [0.5, 0.6) is 0 Å². The number of nitrogens with one attached hydrogen (secondary N) is 1. The van der Waals surface area contributed by atoms with Crippen LogP contribution in [0.4, 0.5) is 13.2 Å². The second kappa shape index (κ2) is 7.59. The number of sulfonamides is 1. The van der Waals surface area contributed by atoms with Crippen LogP contribution in [0.1, 0.15) is 22.7 Å². The van der Waals surface area contributed by atoms with Gasteiger partial charge in [0.1, 0.15) is 5.25 Å². The Bertz CT molecular complexity index is 888. The Hall–Kier alpha value is -1.94. The van der Waals surface area contributed by atoms with Gasteiger partial charge in [-0.1, -0.05) is 48.5 Å². The number of hydrogen-bond acceptors (Lipinski definition) is 4. The lowest BCUT2D eigenvalue weighted by molar-refractivity contribution is -0.137. The molecule has 1 saturated heterocycles. The fourth-order valence-electron chi connectivity index (χ4n) is 3.08. The van der Waals surface area contributed by atoms with E-state index in [1.807, 2.05) is 18.2 Å². The normalized spacial score (nSPS) is 21.5. The van der Waals surface area contributed by atoms with Crippen LogP contribution in [0.15, 0.2) is 54.6 Å². The standard InChI is InChI=1S/C18H19F3N2O3S/c1-23-17(14-7-3-2-4-8-14)16(12-26-23)27(24,25)22-11-13-6-5-9-15(10-13)18(19,20)21/h2-10,16-17,22H,11-12H2,1H3. The lowest BCUT2D eigenvalue weighted by Gasteiger charge is -2.23. The maximum Gasteiger partial charge on any atom is 0.416 e. The van der Waals surface area contributed by atoms with Crippen molar-refractivity contribution < 1.29 is 26.4 Å². The molecule has 1 heterocycles. The Morgan fingerprint density at radius 3 is 2.52 bits per heavy atom. The second-order valence-electron chi connectivity index (χ2n) is 6.30. The van der Waals surface area contributed by atoms with E-state index in [1.165, 1.54) is 17.2 Å². The van der Waals surface area contributed by atoms with E-state index in [-0.39, 0.29) is 18.7 Å². The molecule has 2 unspecified atom stereocenters. The molecule has 0 amide bonds. The van der Waals surface area contributed by atoms with Crippen LogP contribution in [0.2, 0.25) is 0 Å². The van der Waals surface area contributed by atoms with Crippen LogP contribution in [0.25, 0.3) is 0 Å². The van der Waals surface area contributed by atoms with Crippen LogP contribution < -0.4 is 4.72 Å². The number of hydrogen-bond donors (Lipinski definition) is 1. The molecule has 2 aromatic rings. The van der Waals surface area contributed by atoms with Crippen LogP contribution in [0.3, 0.4) is 0 Å². The topological polar surface area (TPSA) is 58.6 Å². The molecule has 0 bridgehead atoms. The molecule has 0 aliphatic carbocycles. The van der Waals surface area contributed by atoms with Gasteiger partial charge < -0.3 is 0 Å². The first-order chi connectivity index (χ1) is 12.7. The number of rotatable bonds is 5. The summed E-state index contributed by atoms with van der Waals surface area (Å²) in [7, 11) is -2.18. The third kappa shape index (κ3) is 4.49. The predicted octanol–water partition coefficient (Wildman–Crippen LogP) is 3.11. The molecule has 27 heavy (non-hydrogen) atoms. The number of hydroxylamine groups is 2. The molecule has 0 spiro atoms. The highest BCUT2D eigenvalue weighted by Crippen LogP contribution is 2.33. The summed E-state index contributed by atoms with van der Waals surface area (Å²) in [5.74, 6) is 0. The highest BCUT2D eigenvalue weighted by Gasteiger charge is 2.43. The van der Waals surface area contributed by atoms with Crippen molar-refractivity contribution in [1.82, 2.24) is 9.79 Å². The molecule has 1 N–H and O–H groups in total. The molecule has 146 valence electrons. The van der Waals surface area contributed by atoms with Gasteiger partial charge in [-0.2, -0.15) is 18.2 Å². The van der Waals surface area contributed by atoms with Crippen molar-refractivity contribution in [2.75, 3.05) is 13.7 Å². The maximum absolute atomic E-state index is 12.8. The average Bonchev–Trinajstić information content (AvgIpc) is 3.03. The van der Waals surface area contributed by atoms with Gasteiger partial charge in [-0.05, 0) is 17.2 Å². The minimum Gasteiger partial charge on any atom is -0.297 e. The zero-order valence-corrected chi connectivity index (χ0v) is 15.3. The van der Waals surface area contributed by atoms with E-state index in [2.05, 4.69) is 4.72 Å². The molecule has 1 aliphatic heterocycles. The summed E-state index contributed by atoms with van der Waals surface area (Å²) in [5, 5.41) is 0.611. The lowest BCUT2D eigenvalue weighted by Crippen LogP contribution is -2.39. The number of nitrogens with zero attached hydrogens (tertiary/aromatic N) is 1. The van der Waals surface area contributed by atoms with Gasteiger partial charge >= 0.3 is 6.18 Å². The van der Waals surface area contributed by atoms with Gasteiger partial charge in [-0.15, -0.1) is 0 Å². The van der Waals surface area contributed by atoms with Crippen molar-refractivity contribution in [2.24, 2.45) is 0 Å². The molecular weight excluding hydrogens is 381 g/mol.